The smallest absolute Gasteiger partial charge is 0.220 e. The molecule has 0 aromatic rings. The molecule has 19 heavy (non-hydrogen) atoms. The summed E-state index contributed by atoms with van der Waals surface area (Å²) >= 11 is 0. The Labute approximate surface area is 129 Å². The summed E-state index contributed by atoms with van der Waals surface area (Å²) in [5, 5.41) is 3.11. The largest absolute Gasteiger partial charge is 0.353 e. The molecule has 0 atom stereocenters. The Morgan fingerprint density at radius 3 is 2.37 bits per heavy atom. The molecule has 6 heteroatoms. The zero-order chi connectivity index (χ0) is 12.7. The molecule has 1 aliphatic heterocycles. The molecular weight excluding hydrogens is 285 g/mol. The van der Waals surface area contributed by atoms with Crippen LogP contribution in [-0.2, 0) is 4.79 Å². The number of hydrogen-bond donors (Lipinski definition) is 2. The molecule has 0 unspecified atom stereocenters. The van der Waals surface area contributed by atoms with Gasteiger partial charge in [-0.1, -0.05) is 13.8 Å². The van der Waals surface area contributed by atoms with Gasteiger partial charge in [-0.05, 0) is 31.7 Å². The van der Waals surface area contributed by atoms with Gasteiger partial charge >= 0.3 is 0 Å². The Bertz CT molecular complexity index is 232. The van der Waals surface area contributed by atoms with Crippen molar-refractivity contribution in [1.29, 1.82) is 0 Å². The summed E-state index contributed by atoms with van der Waals surface area (Å²) in [6, 6.07) is 0.378. The molecule has 0 spiro atoms. The van der Waals surface area contributed by atoms with Gasteiger partial charge in [0.1, 0.15) is 0 Å². The molecule has 0 aliphatic carbocycles. The number of carbonyl (C=O) groups excluding carboxylic acids is 1. The molecular formula is C13H29Cl2N3O. The fourth-order valence-electron chi connectivity index (χ4n) is 2.34. The predicted octanol–water partition coefficient (Wildman–Crippen LogP) is 1.81. The number of amides is 1. The van der Waals surface area contributed by atoms with Crippen LogP contribution in [0.1, 0.15) is 39.5 Å². The highest BCUT2D eigenvalue weighted by atomic mass is 35.5. The van der Waals surface area contributed by atoms with Crippen LogP contribution >= 0.6 is 24.8 Å². The lowest BCUT2D eigenvalue weighted by atomic mass is 10.0. The molecule has 0 aromatic heterocycles. The number of nitrogens with two attached hydrogens (primary N) is 1. The Hall–Kier alpha value is -0.0300. The van der Waals surface area contributed by atoms with Gasteiger partial charge < -0.3 is 16.0 Å². The Morgan fingerprint density at radius 2 is 1.89 bits per heavy atom. The van der Waals surface area contributed by atoms with Gasteiger partial charge in [-0.15, -0.1) is 24.8 Å². The van der Waals surface area contributed by atoms with Crippen molar-refractivity contribution < 1.29 is 4.79 Å². The van der Waals surface area contributed by atoms with E-state index in [9.17, 15) is 4.79 Å². The van der Waals surface area contributed by atoms with Crippen molar-refractivity contribution in [1.82, 2.24) is 10.2 Å². The van der Waals surface area contributed by atoms with Crippen LogP contribution in [0.15, 0.2) is 0 Å². The highest BCUT2D eigenvalue weighted by Gasteiger charge is 2.20. The fourth-order valence-corrected chi connectivity index (χ4v) is 2.34. The van der Waals surface area contributed by atoms with E-state index >= 15 is 0 Å². The van der Waals surface area contributed by atoms with Crippen LogP contribution in [0.3, 0.4) is 0 Å². The highest BCUT2D eigenvalue weighted by Crippen LogP contribution is 2.12. The maximum Gasteiger partial charge on any atom is 0.220 e. The summed E-state index contributed by atoms with van der Waals surface area (Å²) in [5.74, 6) is 0.892. The monoisotopic (exact) mass is 313 g/mol. The lowest BCUT2D eigenvalue weighted by molar-refractivity contribution is -0.122. The maximum atomic E-state index is 11.5. The second-order valence-corrected chi connectivity index (χ2v) is 5.43. The zero-order valence-corrected chi connectivity index (χ0v) is 13.7. The number of likely N-dealkylation sites (tertiary alicyclic amines) is 1. The summed E-state index contributed by atoms with van der Waals surface area (Å²) in [6.07, 6.45) is 3.53. The van der Waals surface area contributed by atoms with E-state index in [1.165, 1.54) is 6.54 Å². The van der Waals surface area contributed by atoms with E-state index < -0.39 is 0 Å². The molecule has 4 nitrogen and oxygen atoms in total. The van der Waals surface area contributed by atoms with Gasteiger partial charge in [0.05, 0.1) is 0 Å². The maximum absolute atomic E-state index is 11.5. The number of halogens is 2. The van der Waals surface area contributed by atoms with E-state index in [1.807, 2.05) is 0 Å². The van der Waals surface area contributed by atoms with Crippen molar-refractivity contribution in [2.75, 3.05) is 26.2 Å². The lowest BCUT2D eigenvalue weighted by Crippen LogP contribution is -2.45. The molecule has 0 aromatic carbocycles. The van der Waals surface area contributed by atoms with Crippen molar-refractivity contribution >= 4 is 30.7 Å². The normalized spacial score (nSPS) is 16.6. The minimum atomic E-state index is 0. The quantitative estimate of drug-likeness (QED) is 0.786. The third-order valence-corrected chi connectivity index (χ3v) is 3.18. The number of nitrogens with one attached hydrogen (secondary N) is 1. The Kier molecular flexibility index (Phi) is 13.2. The summed E-state index contributed by atoms with van der Waals surface area (Å²) < 4.78 is 0. The summed E-state index contributed by atoms with van der Waals surface area (Å²) in [5.41, 5.74) is 5.39. The van der Waals surface area contributed by atoms with Gasteiger partial charge in [-0.3, -0.25) is 4.79 Å². The third-order valence-electron chi connectivity index (χ3n) is 3.18. The van der Waals surface area contributed by atoms with Crippen molar-refractivity contribution in [2.45, 2.75) is 45.6 Å². The zero-order valence-electron chi connectivity index (χ0n) is 12.1. The number of nitrogens with zero attached hydrogens (tertiary/aromatic N) is 1. The standard InChI is InChI=1S/C13H27N3O.2ClH/c1-11(2)10-16-8-5-12(6-9-16)15-13(17)4-3-7-14;;/h11-12H,3-10,14H2,1-2H3,(H,15,17);2*1H. The number of piperidine rings is 1. The number of hydrogen-bond acceptors (Lipinski definition) is 3. The first kappa shape index (κ1) is 21.3. The SMILES string of the molecule is CC(C)CN1CCC(NC(=O)CCCN)CC1.Cl.Cl. The van der Waals surface area contributed by atoms with Crippen LogP contribution in [-0.4, -0.2) is 43.0 Å². The molecule has 116 valence electrons. The van der Waals surface area contributed by atoms with Crippen molar-refractivity contribution in [3.63, 3.8) is 0 Å². The molecule has 0 bridgehead atoms. The molecule has 1 saturated heterocycles. The Morgan fingerprint density at radius 1 is 1.32 bits per heavy atom. The van der Waals surface area contributed by atoms with E-state index in [0.717, 1.165) is 38.3 Å². The molecule has 1 fully saturated rings. The lowest BCUT2D eigenvalue weighted by Gasteiger charge is -2.33. The number of carbonyl (C=O) groups is 1. The first-order valence-electron chi connectivity index (χ1n) is 6.83. The fraction of sp³-hybridized carbons (Fsp3) is 0.923. The minimum absolute atomic E-state index is 0. The van der Waals surface area contributed by atoms with Gasteiger partial charge in [0.15, 0.2) is 0 Å². The van der Waals surface area contributed by atoms with Crippen molar-refractivity contribution in [2.24, 2.45) is 11.7 Å². The first-order chi connectivity index (χ1) is 8.11. The van der Waals surface area contributed by atoms with Gasteiger partial charge in [0.2, 0.25) is 5.91 Å². The molecule has 1 amide bonds. The van der Waals surface area contributed by atoms with E-state index in [-0.39, 0.29) is 30.7 Å². The summed E-state index contributed by atoms with van der Waals surface area (Å²) in [4.78, 5) is 14.0. The molecule has 1 rings (SSSR count). The topological polar surface area (TPSA) is 58.4 Å². The molecule has 1 heterocycles. The molecule has 1 aliphatic rings. The van der Waals surface area contributed by atoms with Crippen LogP contribution in [0.25, 0.3) is 0 Å². The highest BCUT2D eigenvalue weighted by molar-refractivity contribution is 5.85. The second kappa shape index (κ2) is 11.8. The van der Waals surface area contributed by atoms with E-state index in [4.69, 9.17) is 5.73 Å². The first-order valence-corrected chi connectivity index (χ1v) is 6.83. The van der Waals surface area contributed by atoms with Crippen LogP contribution < -0.4 is 11.1 Å². The van der Waals surface area contributed by atoms with Crippen LogP contribution in [0.5, 0.6) is 0 Å². The Balaban J connectivity index is 0. The van der Waals surface area contributed by atoms with Crippen molar-refractivity contribution in [3.8, 4) is 0 Å². The van der Waals surface area contributed by atoms with Gasteiger partial charge in [-0.25, -0.2) is 0 Å². The predicted molar refractivity (Wildman–Crippen MR) is 85.2 cm³/mol. The second-order valence-electron chi connectivity index (χ2n) is 5.43. The third kappa shape index (κ3) is 9.50. The average molecular weight is 314 g/mol. The minimum Gasteiger partial charge on any atom is -0.353 e. The van der Waals surface area contributed by atoms with Crippen LogP contribution in [0.2, 0.25) is 0 Å². The van der Waals surface area contributed by atoms with E-state index in [2.05, 4.69) is 24.1 Å². The average Bonchev–Trinajstić information content (AvgIpc) is 2.28. The molecule has 0 saturated carbocycles. The van der Waals surface area contributed by atoms with Gasteiger partial charge in [0, 0.05) is 32.1 Å². The van der Waals surface area contributed by atoms with Gasteiger partial charge in [-0.2, -0.15) is 0 Å². The van der Waals surface area contributed by atoms with Crippen LogP contribution in [0.4, 0.5) is 0 Å². The van der Waals surface area contributed by atoms with E-state index in [0.29, 0.717) is 19.0 Å². The van der Waals surface area contributed by atoms with Crippen molar-refractivity contribution in [3.05, 3.63) is 0 Å². The summed E-state index contributed by atoms with van der Waals surface area (Å²) in [6.45, 7) is 8.50. The van der Waals surface area contributed by atoms with Gasteiger partial charge in [0.25, 0.3) is 0 Å². The molecule has 0 radical (unpaired) electrons. The number of rotatable bonds is 6. The van der Waals surface area contributed by atoms with Crippen LogP contribution in [0, 0.1) is 5.92 Å². The van der Waals surface area contributed by atoms with E-state index in [1.54, 1.807) is 0 Å². The molecule has 3 N–H and O–H groups in total. The summed E-state index contributed by atoms with van der Waals surface area (Å²) in [7, 11) is 0.